The Morgan fingerprint density at radius 3 is 2.09 bits per heavy atom. The van der Waals surface area contributed by atoms with E-state index in [4.69, 9.17) is 14.2 Å². The number of hydrogen-bond acceptors (Lipinski definition) is 5. The SMILES string of the molecule is C/C=C/COc1cc(C)c(OCCCCCCCCc2ccc(OCC=NOC)cc2)c(C)c1. The van der Waals surface area contributed by atoms with Crippen molar-refractivity contribution in [2.75, 3.05) is 26.9 Å². The molecule has 2 rings (SSSR count). The van der Waals surface area contributed by atoms with Gasteiger partial charge >= 0.3 is 0 Å². The molecule has 5 nitrogen and oxygen atoms in total. The average Bonchev–Trinajstić information content (AvgIpc) is 2.83. The van der Waals surface area contributed by atoms with Crippen LogP contribution in [0.15, 0.2) is 53.7 Å². The zero-order valence-corrected chi connectivity index (χ0v) is 21.3. The van der Waals surface area contributed by atoms with Crippen LogP contribution in [0.3, 0.4) is 0 Å². The number of unbranched alkanes of at least 4 members (excludes halogenated alkanes) is 5. The first-order chi connectivity index (χ1) is 16.6. The Bertz CT molecular complexity index is 851. The van der Waals surface area contributed by atoms with Crippen LogP contribution in [0.1, 0.15) is 62.1 Å². The average molecular weight is 468 g/mol. The van der Waals surface area contributed by atoms with Gasteiger partial charge in [-0.3, -0.25) is 0 Å². The second-order valence-corrected chi connectivity index (χ2v) is 8.41. The number of ether oxygens (including phenoxy) is 3. The monoisotopic (exact) mass is 467 g/mol. The second-order valence-electron chi connectivity index (χ2n) is 8.41. The predicted octanol–water partition coefficient (Wildman–Crippen LogP) is 7.23. The Hall–Kier alpha value is -2.95. The molecule has 0 aliphatic heterocycles. The topological polar surface area (TPSA) is 49.3 Å². The van der Waals surface area contributed by atoms with Gasteiger partial charge in [-0.2, -0.15) is 0 Å². The van der Waals surface area contributed by atoms with E-state index in [1.165, 1.54) is 44.8 Å². The van der Waals surface area contributed by atoms with Crippen molar-refractivity contribution in [1.29, 1.82) is 0 Å². The number of aryl methyl sites for hydroxylation is 3. The minimum absolute atomic E-state index is 0.413. The summed E-state index contributed by atoms with van der Waals surface area (Å²) in [6, 6.07) is 12.4. The van der Waals surface area contributed by atoms with Crippen LogP contribution in [-0.4, -0.2) is 33.1 Å². The smallest absolute Gasteiger partial charge is 0.127 e. The van der Waals surface area contributed by atoms with E-state index >= 15 is 0 Å². The van der Waals surface area contributed by atoms with Crippen LogP contribution < -0.4 is 14.2 Å². The van der Waals surface area contributed by atoms with Crippen LogP contribution in [0.4, 0.5) is 0 Å². The van der Waals surface area contributed by atoms with Gasteiger partial charge in [-0.15, -0.1) is 0 Å². The van der Waals surface area contributed by atoms with Crippen molar-refractivity contribution in [1.82, 2.24) is 0 Å². The lowest BCUT2D eigenvalue weighted by molar-refractivity contribution is 0.212. The van der Waals surface area contributed by atoms with Crippen LogP contribution in [0, 0.1) is 13.8 Å². The molecule has 0 saturated heterocycles. The quantitative estimate of drug-likeness (QED) is 0.107. The maximum atomic E-state index is 6.09. The van der Waals surface area contributed by atoms with E-state index in [-0.39, 0.29) is 0 Å². The molecule has 186 valence electrons. The minimum atomic E-state index is 0.413. The van der Waals surface area contributed by atoms with Gasteiger partial charge in [0.15, 0.2) is 0 Å². The summed E-state index contributed by atoms with van der Waals surface area (Å²) in [4.78, 5) is 4.61. The fourth-order valence-corrected chi connectivity index (χ4v) is 3.77. The minimum Gasteiger partial charge on any atom is -0.493 e. The van der Waals surface area contributed by atoms with E-state index in [9.17, 15) is 0 Å². The standard InChI is InChI=1S/C29H41NO4/c1-5-6-19-32-28-22-24(2)29(25(3)23-28)34-20-12-10-8-7-9-11-13-26-14-16-27(17-15-26)33-21-18-30-31-4/h5-6,14-18,22-23H,7-13,19-21H2,1-4H3/b6-5+,30-18?. The van der Waals surface area contributed by atoms with E-state index < -0.39 is 0 Å². The molecule has 0 unspecified atom stereocenters. The summed E-state index contributed by atoms with van der Waals surface area (Å²) in [5.41, 5.74) is 3.63. The van der Waals surface area contributed by atoms with E-state index in [0.717, 1.165) is 47.8 Å². The third kappa shape index (κ3) is 10.8. The van der Waals surface area contributed by atoms with Gasteiger partial charge in [0.2, 0.25) is 0 Å². The molecule has 0 heterocycles. The fraction of sp³-hybridized carbons (Fsp3) is 0.483. The lowest BCUT2D eigenvalue weighted by Gasteiger charge is -2.14. The number of rotatable bonds is 17. The van der Waals surface area contributed by atoms with Crippen molar-refractivity contribution in [3.63, 3.8) is 0 Å². The van der Waals surface area contributed by atoms with Gasteiger partial charge in [-0.25, -0.2) is 0 Å². The van der Waals surface area contributed by atoms with Crippen molar-refractivity contribution in [2.45, 2.75) is 65.7 Å². The predicted molar refractivity (Wildman–Crippen MR) is 141 cm³/mol. The molecule has 34 heavy (non-hydrogen) atoms. The van der Waals surface area contributed by atoms with Crippen molar-refractivity contribution >= 4 is 6.21 Å². The van der Waals surface area contributed by atoms with Crippen LogP contribution >= 0.6 is 0 Å². The maximum Gasteiger partial charge on any atom is 0.127 e. The Kier molecular flexibility index (Phi) is 13.4. The summed E-state index contributed by atoms with van der Waals surface area (Å²) < 4.78 is 17.4. The molecule has 0 bridgehead atoms. The molecule has 0 fully saturated rings. The molecular weight excluding hydrogens is 426 g/mol. The molecule has 5 heteroatoms. The van der Waals surface area contributed by atoms with Crippen molar-refractivity contribution < 1.29 is 19.0 Å². The Labute approximate surface area is 205 Å². The largest absolute Gasteiger partial charge is 0.493 e. The zero-order valence-electron chi connectivity index (χ0n) is 21.3. The molecule has 0 amide bonds. The highest BCUT2D eigenvalue weighted by atomic mass is 16.6. The highest BCUT2D eigenvalue weighted by Crippen LogP contribution is 2.28. The van der Waals surface area contributed by atoms with E-state index in [0.29, 0.717) is 13.2 Å². The van der Waals surface area contributed by atoms with E-state index in [2.05, 4.69) is 48.1 Å². The summed E-state index contributed by atoms with van der Waals surface area (Å²) in [5.74, 6) is 2.75. The van der Waals surface area contributed by atoms with Crippen molar-refractivity contribution in [2.24, 2.45) is 5.16 Å². The van der Waals surface area contributed by atoms with Gasteiger partial charge in [0, 0.05) is 0 Å². The molecule has 0 radical (unpaired) electrons. The summed E-state index contributed by atoms with van der Waals surface area (Å²) in [6.45, 7) is 7.95. The number of allylic oxidation sites excluding steroid dienone is 1. The summed E-state index contributed by atoms with van der Waals surface area (Å²) >= 11 is 0. The first kappa shape index (κ1) is 27.3. The lowest BCUT2D eigenvalue weighted by atomic mass is 10.0. The molecule has 2 aromatic carbocycles. The molecule has 0 saturated carbocycles. The van der Waals surface area contributed by atoms with Gasteiger partial charge in [-0.1, -0.05) is 55.1 Å². The summed E-state index contributed by atoms with van der Waals surface area (Å²) in [6.07, 6.45) is 14.0. The highest BCUT2D eigenvalue weighted by molar-refractivity contribution is 5.58. The third-order valence-electron chi connectivity index (χ3n) is 5.55. The van der Waals surface area contributed by atoms with Crippen molar-refractivity contribution in [3.8, 4) is 17.2 Å². The third-order valence-corrected chi connectivity index (χ3v) is 5.55. The zero-order chi connectivity index (χ0) is 24.4. The lowest BCUT2D eigenvalue weighted by Crippen LogP contribution is -2.02. The Morgan fingerprint density at radius 1 is 0.765 bits per heavy atom. The van der Waals surface area contributed by atoms with Crippen LogP contribution in [0.2, 0.25) is 0 Å². The van der Waals surface area contributed by atoms with Crippen LogP contribution in [0.5, 0.6) is 17.2 Å². The summed E-state index contributed by atoms with van der Waals surface area (Å²) in [5, 5.41) is 3.66. The van der Waals surface area contributed by atoms with Crippen LogP contribution in [0.25, 0.3) is 0 Å². The molecule has 0 N–H and O–H groups in total. The molecule has 0 atom stereocenters. The normalized spacial score (nSPS) is 11.3. The maximum absolute atomic E-state index is 6.09. The Morgan fingerprint density at radius 2 is 1.41 bits per heavy atom. The van der Waals surface area contributed by atoms with Gasteiger partial charge in [-0.05, 0) is 81.0 Å². The highest BCUT2D eigenvalue weighted by Gasteiger charge is 2.07. The number of benzene rings is 2. The van der Waals surface area contributed by atoms with Gasteiger partial charge < -0.3 is 19.0 Å². The Balaban J connectivity index is 1.54. The summed E-state index contributed by atoms with van der Waals surface area (Å²) in [7, 11) is 1.52. The molecule has 0 aliphatic rings. The van der Waals surface area contributed by atoms with Crippen molar-refractivity contribution in [3.05, 3.63) is 65.2 Å². The molecular formula is C29H41NO4. The first-order valence-electron chi connectivity index (χ1n) is 12.4. The van der Waals surface area contributed by atoms with Crippen LogP contribution in [-0.2, 0) is 11.3 Å². The number of hydrogen-bond donors (Lipinski definition) is 0. The molecule has 0 spiro atoms. The van der Waals surface area contributed by atoms with Gasteiger partial charge in [0.05, 0.1) is 12.8 Å². The van der Waals surface area contributed by atoms with Gasteiger partial charge in [0.25, 0.3) is 0 Å². The molecule has 0 aromatic heterocycles. The fourth-order valence-electron chi connectivity index (χ4n) is 3.77. The number of oxime groups is 1. The van der Waals surface area contributed by atoms with Gasteiger partial charge in [0.1, 0.15) is 37.6 Å². The molecule has 0 aliphatic carbocycles. The second kappa shape index (κ2) is 16.6. The first-order valence-corrected chi connectivity index (χ1v) is 12.4. The molecule has 2 aromatic rings. The van der Waals surface area contributed by atoms with E-state index in [1.54, 1.807) is 6.21 Å². The number of nitrogens with zero attached hydrogens (tertiary/aromatic N) is 1. The van der Waals surface area contributed by atoms with E-state index in [1.807, 2.05) is 31.2 Å².